The first-order valence-corrected chi connectivity index (χ1v) is 16.6. The zero-order valence-electron chi connectivity index (χ0n) is 40.6. The van der Waals surface area contributed by atoms with Crippen molar-refractivity contribution in [1.29, 1.82) is 0 Å². The summed E-state index contributed by atoms with van der Waals surface area (Å²) in [6.45, 7) is 4.26. The second kappa shape index (κ2) is 11.3. The smallest absolute Gasteiger partial charge is 0.143 e. The molecule has 2 heteroatoms. The Bertz CT molecular complexity index is 3370. The first-order valence-electron chi connectivity index (χ1n) is 23.1. The Balaban J connectivity index is 1.32. The topological polar surface area (TPSA) is 12.5 Å². The third-order valence-electron chi connectivity index (χ3n) is 9.89. The van der Waals surface area contributed by atoms with Crippen LogP contribution in [0, 0.1) is 0 Å². The molecule has 8 aromatic rings. The third kappa shape index (κ3) is 4.64. The number of ether oxygens (including phenoxy) is 1. The maximum atomic E-state index is 10.1. The van der Waals surface area contributed by atoms with Crippen molar-refractivity contribution < 1.29 is 22.6 Å². The number of nitrogens with zero attached hydrogens (tertiary/aromatic N) is 1. The Morgan fingerprint density at radius 3 is 2.02 bits per heavy atom. The van der Waals surface area contributed by atoms with E-state index in [-0.39, 0.29) is 38.7 Å². The Labute approximate surface area is 317 Å². The van der Waals surface area contributed by atoms with Crippen molar-refractivity contribution in [2.75, 3.05) is 4.90 Å². The molecule has 0 amide bonds. The molecule has 0 atom stereocenters. The van der Waals surface area contributed by atoms with E-state index in [0.717, 1.165) is 33.4 Å². The molecule has 1 heterocycles. The molecule has 8 aromatic carbocycles. The zero-order chi connectivity index (χ0) is 45.4. The quantitative estimate of drug-likeness (QED) is 0.185. The lowest BCUT2D eigenvalue weighted by atomic mass is 9.82. The van der Waals surface area contributed by atoms with Crippen molar-refractivity contribution in [3.63, 3.8) is 0 Å². The van der Waals surface area contributed by atoms with Crippen molar-refractivity contribution in [1.82, 2.24) is 0 Å². The Morgan fingerprint density at radius 2 is 1.18 bits per heavy atom. The monoisotopic (exact) mass is 666 g/mol. The standard InChI is InChI=1S/C49H35NO/c1-49(2)45-19-11-10-18-41(45)42-28-25-36(30-46(42)49)50(35-23-20-33(21-24-35)32-12-4-3-5-13-32)37-26-29-43-39-16-8-9-17-40(39)44-27-22-34-14-6-7-15-38(34)48(44)51-47(43)31-37/h3-31H,1-2H3/i6D,7D,8D,9D,14D,15D,16D,17D,22D,26D,27D,29D,31D. The molecule has 0 radical (unpaired) electrons. The highest BCUT2D eigenvalue weighted by Crippen LogP contribution is 2.53. The van der Waals surface area contributed by atoms with E-state index in [0.29, 0.717) is 11.4 Å². The molecule has 0 aromatic heterocycles. The van der Waals surface area contributed by atoms with Gasteiger partial charge in [-0.05, 0) is 92.3 Å². The number of hydrogen-bond donors (Lipinski definition) is 0. The highest BCUT2D eigenvalue weighted by atomic mass is 16.5. The van der Waals surface area contributed by atoms with Gasteiger partial charge in [-0.2, -0.15) is 0 Å². The van der Waals surface area contributed by atoms with Crippen molar-refractivity contribution >= 4 is 27.8 Å². The van der Waals surface area contributed by atoms with Crippen LogP contribution in [-0.2, 0) is 5.41 Å². The van der Waals surface area contributed by atoms with Gasteiger partial charge in [0, 0.05) is 45.0 Å². The van der Waals surface area contributed by atoms with Crippen LogP contribution in [0.1, 0.15) is 42.8 Å². The Morgan fingerprint density at radius 1 is 0.510 bits per heavy atom. The molecular weight excluding hydrogens is 619 g/mol. The van der Waals surface area contributed by atoms with Crippen molar-refractivity contribution in [2.24, 2.45) is 0 Å². The molecule has 2 aliphatic rings. The van der Waals surface area contributed by atoms with Crippen LogP contribution in [0.5, 0.6) is 11.5 Å². The summed E-state index contributed by atoms with van der Waals surface area (Å²) in [6, 6.07) is 23.2. The van der Waals surface area contributed by atoms with Gasteiger partial charge in [-0.1, -0.05) is 141 Å². The average molecular weight is 667 g/mol. The fourth-order valence-electron chi connectivity index (χ4n) is 7.37. The van der Waals surface area contributed by atoms with Crippen LogP contribution in [0.2, 0.25) is 0 Å². The van der Waals surface area contributed by atoms with Gasteiger partial charge in [-0.3, -0.25) is 0 Å². The van der Waals surface area contributed by atoms with Crippen LogP contribution in [0.4, 0.5) is 17.1 Å². The highest BCUT2D eigenvalue weighted by Gasteiger charge is 2.36. The lowest BCUT2D eigenvalue weighted by Crippen LogP contribution is -2.16. The second-order valence-corrected chi connectivity index (χ2v) is 13.1. The van der Waals surface area contributed by atoms with Crippen LogP contribution < -0.4 is 9.64 Å². The van der Waals surface area contributed by atoms with Gasteiger partial charge in [0.15, 0.2) is 0 Å². The first kappa shape index (κ1) is 19.1. The molecule has 51 heavy (non-hydrogen) atoms. The van der Waals surface area contributed by atoms with Crippen LogP contribution in [0.3, 0.4) is 0 Å². The van der Waals surface area contributed by atoms with Gasteiger partial charge >= 0.3 is 0 Å². The maximum Gasteiger partial charge on any atom is 0.143 e. The molecule has 1 aliphatic carbocycles. The van der Waals surface area contributed by atoms with E-state index >= 15 is 0 Å². The normalized spacial score (nSPS) is 16.8. The van der Waals surface area contributed by atoms with E-state index < -0.39 is 95.5 Å². The minimum Gasteiger partial charge on any atom is -0.455 e. The zero-order valence-corrected chi connectivity index (χ0v) is 27.6. The summed E-state index contributed by atoms with van der Waals surface area (Å²) >= 11 is 0. The summed E-state index contributed by atoms with van der Waals surface area (Å²) in [6.07, 6.45) is 0. The van der Waals surface area contributed by atoms with Gasteiger partial charge in [0.25, 0.3) is 0 Å². The van der Waals surface area contributed by atoms with Crippen LogP contribution >= 0.6 is 0 Å². The fourth-order valence-corrected chi connectivity index (χ4v) is 7.37. The summed E-state index contributed by atoms with van der Waals surface area (Å²) in [7, 11) is 0. The summed E-state index contributed by atoms with van der Waals surface area (Å²) in [5.41, 5.74) is 5.14. The molecule has 0 saturated carbocycles. The van der Waals surface area contributed by atoms with Crippen molar-refractivity contribution in [2.45, 2.75) is 19.3 Å². The Hall–Kier alpha value is -6.38. The maximum absolute atomic E-state index is 10.1. The predicted octanol–water partition coefficient (Wildman–Crippen LogP) is 13.7. The predicted molar refractivity (Wildman–Crippen MR) is 213 cm³/mol. The second-order valence-electron chi connectivity index (χ2n) is 13.1. The minimum atomic E-state index is -0.703. The number of rotatable bonds is 4. The minimum absolute atomic E-state index is 0.121. The van der Waals surface area contributed by atoms with Gasteiger partial charge in [0.1, 0.15) is 11.5 Å². The lowest BCUT2D eigenvalue weighted by Gasteiger charge is -2.29. The fraction of sp³-hybridized carbons (Fsp3) is 0.0612. The molecule has 0 spiro atoms. The van der Waals surface area contributed by atoms with E-state index in [1.54, 1.807) is 4.90 Å². The number of anilines is 3. The number of hydrogen-bond acceptors (Lipinski definition) is 2. The summed E-state index contributed by atoms with van der Waals surface area (Å²) in [5.74, 6) is -0.882. The molecule has 0 saturated heterocycles. The van der Waals surface area contributed by atoms with Crippen molar-refractivity contribution in [3.05, 3.63) is 187 Å². The van der Waals surface area contributed by atoms with Gasteiger partial charge in [-0.25, -0.2) is 0 Å². The van der Waals surface area contributed by atoms with Gasteiger partial charge in [-0.15, -0.1) is 0 Å². The molecule has 0 bridgehead atoms. The van der Waals surface area contributed by atoms with Crippen LogP contribution in [0.25, 0.3) is 55.3 Å². The van der Waals surface area contributed by atoms with E-state index in [2.05, 4.69) is 26.0 Å². The first-order chi connectivity index (χ1) is 30.5. The molecule has 0 unspecified atom stereocenters. The van der Waals surface area contributed by atoms with Crippen LogP contribution in [-0.4, -0.2) is 0 Å². The average Bonchev–Trinajstić information content (AvgIpc) is 3.41. The Kier molecular flexibility index (Phi) is 4.25. The summed E-state index contributed by atoms with van der Waals surface area (Å²) < 4.78 is 125. The highest BCUT2D eigenvalue weighted by molar-refractivity contribution is 6.01. The SMILES string of the molecule is [2H]c1c([2H])c([2H])c2c(c1[2H])-c1c([2H])c([2H])c(N(c3ccc(-c4ccccc4)cc3)c3ccc4c(c3)C(C)(C)c3ccccc3-4)c([2H])c1Oc1c-2c([2H])c([2H])c2c([2H])c([2H])c([2H])c([2H])c12. The van der Waals surface area contributed by atoms with E-state index in [4.69, 9.17) is 15.7 Å². The number of fused-ring (bicyclic) bond motifs is 10. The molecular formula is C49H35NO. The van der Waals surface area contributed by atoms with Gasteiger partial charge in [0.2, 0.25) is 0 Å². The van der Waals surface area contributed by atoms with Crippen molar-refractivity contribution in [3.8, 4) is 56.0 Å². The molecule has 1 aliphatic heterocycles. The van der Waals surface area contributed by atoms with Gasteiger partial charge in [0.05, 0.1) is 17.8 Å². The number of benzene rings is 8. The lowest BCUT2D eigenvalue weighted by molar-refractivity contribution is 0.493. The van der Waals surface area contributed by atoms with E-state index in [9.17, 15) is 6.85 Å². The molecule has 10 rings (SSSR count). The molecule has 0 N–H and O–H groups in total. The summed E-state index contributed by atoms with van der Waals surface area (Å²) in [4.78, 5) is 1.68. The van der Waals surface area contributed by atoms with E-state index in [1.807, 2.05) is 84.9 Å². The van der Waals surface area contributed by atoms with Gasteiger partial charge < -0.3 is 9.64 Å². The van der Waals surface area contributed by atoms with E-state index in [1.165, 1.54) is 0 Å². The molecule has 242 valence electrons. The molecule has 0 fully saturated rings. The summed E-state index contributed by atoms with van der Waals surface area (Å²) in [5, 5.41) is -0.707. The van der Waals surface area contributed by atoms with Crippen LogP contribution in [0.15, 0.2) is 176 Å². The third-order valence-corrected chi connectivity index (χ3v) is 9.89. The molecule has 2 nitrogen and oxygen atoms in total. The largest absolute Gasteiger partial charge is 0.455 e.